The third-order valence-corrected chi connectivity index (χ3v) is 6.67. The van der Waals surface area contributed by atoms with E-state index in [0.717, 1.165) is 12.1 Å². The first-order valence-electron chi connectivity index (χ1n) is 6.90. The van der Waals surface area contributed by atoms with Gasteiger partial charge in [0.05, 0.1) is 9.79 Å². The van der Waals surface area contributed by atoms with Crippen LogP contribution in [-0.2, 0) is 9.84 Å². The number of phenolic OH excluding ortho intramolecular Hbond substituents is 1. The van der Waals surface area contributed by atoms with Gasteiger partial charge in [0.1, 0.15) is 5.75 Å². The quantitative estimate of drug-likeness (QED) is 0.682. The first-order valence-corrected chi connectivity index (χ1v) is 9.20. The molecule has 0 fully saturated rings. The Morgan fingerprint density at radius 3 is 2.21 bits per heavy atom. The molecule has 0 atom stereocenters. The van der Waals surface area contributed by atoms with Crippen molar-refractivity contribution in [2.75, 3.05) is 0 Å². The Kier molecular flexibility index (Phi) is 4.23. The van der Waals surface area contributed by atoms with Crippen LogP contribution in [0.25, 0.3) is 10.8 Å². The molecule has 124 valence electrons. The highest BCUT2D eigenvalue weighted by atomic mass is 32.3. The molecule has 0 spiro atoms. The maximum absolute atomic E-state index is 14.4. The van der Waals surface area contributed by atoms with Crippen LogP contribution in [0.15, 0.2) is 76.5 Å². The molecule has 0 aliphatic carbocycles. The van der Waals surface area contributed by atoms with Gasteiger partial charge in [0.15, 0.2) is 0 Å². The van der Waals surface area contributed by atoms with Crippen molar-refractivity contribution >= 4 is 32.4 Å². The second-order valence-electron chi connectivity index (χ2n) is 5.02. The summed E-state index contributed by atoms with van der Waals surface area (Å²) < 4.78 is 49.1. The second kappa shape index (κ2) is 6.07. The number of halogens is 2. The molecule has 7 heteroatoms. The minimum absolute atomic E-state index is 0.182. The Hall–Kier alpha value is -2.12. The van der Waals surface area contributed by atoms with E-state index < -0.39 is 19.3 Å². The highest BCUT2D eigenvalue weighted by Gasteiger charge is 2.47. The molecule has 24 heavy (non-hydrogen) atoms. The Morgan fingerprint density at radius 1 is 0.875 bits per heavy atom. The highest BCUT2D eigenvalue weighted by Crippen LogP contribution is 2.47. The lowest BCUT2D eigenvalue weighted by atomic mass is 10.1. The van der Waals surface area contributed by atoms with Crippen LogP contribution >= 0.6 is 11.8 Å². The van der Waals surface area contributed by atoms with Gasteiger partial charge in [-0.1, -0.05) is 48.5 Å². The monoisotopic (exact) mass is 366 g/mol. The molecule has 0 saturated heterocycles. The van der Waals surface area contributed by atoms with E-state index >= 15 is 0 Å². The first kappa shape index (κ1) is 16.7. The SMILES string of the molecule is O=S(=O)(c1ccccc1)C(F)(F)Sc1ccc2ccccc2c1O. The molecular formula is C17H12F2O3S2. The Morgan fingerprint density at radius 2 is 1.50 bits per heavy atom. The molecule has 0 unspecified atom stereocenters. The van der Waals surface area contributed by atoms with Crippen LogP contribution in [0.5, 0.6) is 5.75 Å². The summed E-state index contributed by atoms with van der Waals surface area (Å²) in [6.07, 6.45) is 0. The molecule has 0 radical (unpaired) electrons. The number of hydrogen-bond acceptors (Lipinski definition) is 4. The lowest BCUT2D eigenvalue weighted by Gasteiger charge is -2.17. The highest BCUT2D eigenvalue weighted by molar-refractivity contribution is 8.14. The average Bonchev–Trinajstić information content (AvgIpc) is 2.58. The zero-order valence-corrected chi connectivity index (χ0v) is 13.8. The number of aromatic hydroxyl groups is 1. The van der Waals surface area contributed by atoms with Gasteiger partial charge in [-0.05, 0) is 35.3 Å². The molecular weight excluding hydrogens is 354 g/mol. The molecule has 0 saturated carbocycles. The van der Waals surface area contributed by atoms with Gasteiger partial charge in [-0.25, -0.2) is 8.42 Å². The number of fused-ring (bicyclic) bond motifs is 1. The largest absolute Gasteiger partial charge is 0.506 e. The summed E-state index contributed by atoms with van der Waals surface area (Å²) in [4.78, 5) is -0.666. The van der Waals surface area contributed by atoms with Gasteiger partial charge < -0.3 is 5.11 Å². The number of thioether (sulfide) groups is 1. The van der Waals surface area contributed by atoms with Crippen LogP contribution < -0.4 is 0 Å². The van der Waals surface area contributed by atoms with E-state index in [1.165, 1.54) is 18.2 Å². The predicted molar refractivity (Wildman–Crippen MR) is 90.0 cm³/mol. The molecule has 1 N–H and O–H groups in total. The van der Waals surface area contributed by atoms with Crippen molar-refractivity contribution in [3.63, 3.8) is 0 Å². The Balaban J connectivity index is 2.02. The molecule has 3 aromatic carbocycles. The summed E-state index contributed by atoms with van der Waals surface area (Å²) in [6, 6.07) is 16.1. The summed E-state index contributed by atoms with van der Waals surface area (Å²) in [7, 11) is -4.89. The van der Waals surface area contributed by atoms with Crippen molar-refractivity contribution in [2.45, 2.75) is 14.4 Å². The van der Waals surface area contributed by atoms with Gasteiger partial charge in [0.2, 0.25) is 0 Å². The van der Waals surface area contributed by atoms with Gasteiger partial charge in [-0.3, -0.25) is 0 Å². The number of sulfone groups is 1. The van der Waals surface area contributed by atoms with Crippen LogP contribution in [0.2, 0.25) is 0 Å². The van der Waals surface area contributed by atoms with Crippen LogP contribution in [-0.4, -0.2) is 18.1 Å². The van der Waals surface area contributed by atoms with Crippen LogP contribution in [0.3, 0.4) is 0 Å². The minimum Gasteiger partial charge on any atom is -0.506 e. The lowest BCUT2D eigenvalue weighted by Crippen LogP contribution is -2.25. The van der Waals surface area contributed by atoms with Crippen molar-refractivity contribution < 1.29 is 22.3 Å². The summed E-state index contributed by atoms with van der Waals surface area (Å²) in [5.41, 5.74) is 0. The zero-order chi connectivity index (χ0) is 17.4. The molecule has 0 heterocycles. The smallest absolute Gasteiger partial charge is 0.401 e. The van der Waals surface area contributed by atoms with Crippen molar-refractivity contribution in [3.05, 3.63) is 66.7 Å². The topological polar surface area (TPSA) is 54.4 Å². The van der Waals surface area contributed by atoms with Crippen LogP contribution in [0.4, 0.5) is 8.78 Å². The van der Waals surface area contributed by atoms with E-state index in [2.05, 4.69) is 0 Å². The number of rotatable bonds is 4. The normalized spacial score (nSPS) is 12.4. The summed E-state index contributed by atoms with van der Waals surface area (Å²) in [6.45, 7) is 0. The summed E-state index contributed by atoms with van der Waals surface area (Å²) in [5, 5.41) is 11.3. The molecule has 3 nitrogen and oxygen atoms in total. The van der Waals surface area contributed by atoms with Gasteiger partial charge in [0.25, 0.3) is 9.84 Å². The molecule has 0 aliphatic heterocycles. The molecule has 0 aromatic heterocycles. The summed E-state index contributed by atoms with van der Waals surface area (Å²) in [5.74, 6) is -0.360. The molecule has 0 bridgehead atoms. The van der Waals surface area contributed by atoms with E-state index in [0.29, 0.717) is 10.8 Å². The van der Waals surface area contributed by atoms with Crippen molar-refractivity contribution in [1.29, 1.82) is 0 Å². The fourth-order valence-corrected chi connectivity index (χ4v) is 4.62. The number of benzene rings is 3. The van der Waals surface area contributed by atoms with E-state index in [4.69, 9.17) is 0 Å². The summed E-state index contributed by atoms with van der Waals surface area (Å²) >= 11 is -0.182. The van der Waals surface area contributed by atoms with Gasteiger partial charge >= 0.3 is 4.59 Å². The third kappa shape index (κ3) is 2.85. The van der Waals surface area contributed by atoms with Crippen LogP contribution in [0.1, 0.15) is 0 Å². The maximum Gasteiger partial charge on any atom is 0.401 e. The average molecular weight is 366 g/mol. The molecule has 3 rings (SSSR count). The third-order valence-electron chi connectivity index (χ3n) is 3.46. The lowest BCUT2D eigenvalue weighted by molar-refractivity contribution is 0.195. The van der Waals surface area contributed by atoms with E-state index in [1.807, 2.05) is 0 Å². The number of phenols is 1. The van der Waals surface area contributed by atoms with E-state index in [1.54, 1.807) is 36.4 Å². The van der Waals surface area contributed by atoms with E-state index in [9.17, 15) is 22.3 Å². The second-order valence-corrected chi connectivity index (χ2v) is 8.42. The molecule has 3 aromatic rings. The molecule has 0 aliphatic rings. The number of alkyl halides is 2. The fourth-order valence-electron chi connectivity index (χ4n) is 2.24. The predicted octanol–water partition coefficient (Wildman–Crippen LogP) is 4.66. The van der Waals surface area contributed by atoms with Crippen molar-refractivity contribution in [2.24, 2.45) is 0 Å². The van der Waals surface area contributed by atoms with Crippen LogP contribution in [0, 0.1) is 0 Å². The van der Waals surface area contributed by atoms with Gasteiger partial charge in [-0.15, -0.1) is 0 Å². The Labute approximate surface area is 141 Å². The van der Waals surface area contributed by atoms with Gasteiger partial charge in [0, 0.05) is 5.39 Å². The molecule has 0 amide bonds. The zero-order valence-electron chi connectivity index (χ0n) is 12.2. The minimum atomic E-state index is -4.89. The number of hydrogen-bond donors (Lipinski definition) is 1. The standard InChI is InChI=1S/C17H12F2O3S2/c18-17(19,24(21,22)13-7-2-1-3-8-13)23-15-11-10-12-6-4-5-9-14(12)16(15)20/h1-11,20H. The van der Waals surface area contributed by atoms with Crippen molar-refractivity contribution in [1.82, 2.24) is 0 Å². The van der Waals surface area contributed by atoms with Crippen molar-refractivity contribution in [3.8, 4) is 5.75 Å². The van der Waals surface area contributed by atoms with E-state index in [-0.39, 0.29) is 22.4 Å². The Bertz CT molecular complexity index is 987. The maximum atomic E-state index is 14.4. The first-order chi connectivity index (χ1) is 11.3. The fraction of sp³-hybridized carbons (Fsp3) is 0.0588. The van der Waals surface area contributed by atoms with Gasteiger partial charge in [-0.2, -0.15) is 8.78 Å².